The van der Waals surface area contributed by atoms with Gasteiger partial charge in [0, 0.05) is 38.1 Å². The van der Waals surface area contributed by atoms with Gasteiger partial charge < -0.3 is 14.5 Å². The molecule has 4 rings (SSSR count). The van der Waals surface area contributed by atoms with Crippen molar-refractivity contribution in [2.24, 2.45) is 0 Å². The number of carbonyl (C=O) groups is 1. The zero-order chi connectivity index (χ0) is 22.2. The van der Waals surface area contributed by atoms with Crippen LogP contribution in [0.1, 0.15) is 27.7 Å². The van der Waals surface area contributed by atoms with E-state index in [4.69, 9.17) is 9.84 Å². The van der Waals surface area contributed by atoms with Gasteiger partial charge in [-0.05, 0) is 63.1 Å². The van der Waals surface area contributed by atoms with Gasteiger partial charge >= 0.3 is 6.09 Å². The summed E-state index contributed by atoms with van der Waals surface area (Å²) in [5.74, 6) is 0.833. The fourth-order valence-corrected chi connectivity index (χ4v) is 3.92. The number of ether oxygens (including phenoxy) is 1. The molecule has 1 aliphatic heterocycles. The highest BCUT2D eigenvalue weighted by Gasteiger charge is 2.28. The Bertz CT molecular complexity index is 1080. The lowest BCUT2D eigenvalue weighted by Crippen LogP contribution is -2.50. The molecule has 0 saturated carbocycles. The summed E-state index contributed by atoms with van der Waals surface area (Å²) in [6.07, 6.45) is -0.259. The van der Waals surface area contributed by atoms with E-state index in [1.807, 2.05) is 25.5 Å². The quantitative estimate of drug-likeness (QED) is 0.599. The molecule has 6 nitrogen and oxygen atoms in total. The van der Waals surface area contributed by atoms with Gasteiger partial charge in [-0.2, -0.15) is 5.10 Å². The van der Waals surface area contributed by atoms with Crippen LogP contribution < -0.4 is 4.90 Å². The minimum Gasteiger partial charge on any atom is -0.444 e. The maximum Gasteiger partial charge on any atom is 0.410 e. The molecular formula is C24H29FN4O2. The van der Waals surface area contributed by atoms with Crippen LogP contribution in [-0.2, 0) is 11.3 Å². The van der Waals surface area contributed by atoms with Crippen LogP contribution in [0.5, 0.6) is 0 Å². The maximum absolute atomic E-state index is 13.3. The van der Waals surface area contributed by atoms with E-state index in [9.17, 15) is 9.18 Å². The molecule has 1 saturated heterocycles. The molecular weight excluding hydrogens is 395 g/mol. The molecule has 0 bridgehead atoms. The lowest BCUT2D eigenvalue weighted by atomic mass is 10.0. The Kier molecular flexibility index (Phi) is 5.60. The number of halogens is 1. The molecule has 1 aromatic heterocycles. The molecule has 0 aliphatic carbocycles. The molecule has 1 aliphatic rings. The number of fused-ring (bicyclic) bond motifs is 1. The van der Waals surface area contributed by atoms with Crippen LogP contribution in [0.4, 0.5) is 15.0 Å². The van der Waals surface area contributed by atoms with Crippen LogP contribution in [0.25, 0.3) is 22.0 Å². The number of hydrogen-bond donors (Lipinski definition) is 0. The average Bonchev–Trinajstić information content (AvgIpc) is 3.11. The third kappa shape index (κ3) is 4.50. The van der Waals surface area contributed by atoms with Crippen LogP contribution in [0.3, 0.4) is 0 Å². The van der Waals surface area contributed by atoms with Gasteiger partial charge in [-0.25, -0.2) is 13.9 Å². The number of rotatable bonds is 3. The Balaban J connectivity index is 1.57. The van der Waals surface area contributed by atoms with E-state index in [0.717, 1.165) is 47.5 Å². The first-order valence-corrected chi connectivity index (χ1v) is 10.7. The molecule has 0 spiro atoms. The van der Waals surface area contributed by atoms with E-state index in [1.54, 1.807) is 17.0 Å². The summed E-state index contributed by atoms with van der Waals surface area (Å²) in [6, 6.07) is 12.7. The van der Waals surface area contributed by atoms with Gasteiger partial charge in [0.05, 0.1) is 5.52 Å². The molecule has 2 heterocycles. The summed E-state index contributed by atoms with van der Waals surface area (Å²) in [6.45, 7) is 11.1. The van der Waals surface area contributed by atoms with Crippen LogP contribution in [0.2, 0.25) is 0 Å². The van der Waals surface area contributed by atoms with Crippen molar-refractivity contribution in [3.05, 3.63) is 48.3 Å². The van der Waals surface area contributed by atoms with Gasteiger partial charge in [0.1, 0.15) is 17.2 Å². The third-order valence-corrected chi connectivity index (χ3v) is 5.42. The van der Waals surface area contributed by atoms with E-state index in [2.05, 4.69) is 30.0 Å². The molecule has 3 aromatic rings. The fraction of sp³-hybridized carbons (Fsp3) is 0.417. The first-order valence-electron chi connectivity index (χ1n) is 10.7. The summed E-state index contributed by atoms with van der Waals surface area (Å²) < 4.78 is 20.8. The van der Waals surface area contributed by atoms with Gasteiger partial charge in [0.2, 0.25) is 0 Å². The zero-order valence-corrected chi connectivity index (χ0v) is 18.6. The summed E-state index contributed by atoms with van der Waals surface area (Å²) in [7, 11) is 0. The van der Waals surface area contributed by atoms with Crippen LogP contribution in [-0.4, -0.2) is 52.6 Å². The molecule has 0 unspecified atom stereocenters. The maximum atomic E-state index is 13.3. The number of benzene rings is 2. The highest BCUT2D eigenvalue weighted by molar-refractivity contribution is 5.93. The van der Waals surface area contributed by atoms with Gasteiger partial charge in [-0.15, -0.1) is 0 Å². The van der Waals surface area contributed by atoms with E-state index >= 15 is 0 Å². The first-order chi connectivity index (χ1) is 14.7. The van der Waals surface area contributed by atoms with Crippen molar-refractivity contribution < 1.29 is 13.9 Å². The smallest absolute Gasteiger partial charge is 0.410 e. The Morgan fingerprint density at radius 1 is 1.03 bits per heavy atom. The van der Waals surface area contributed by atoms with E-state index in [1.165, 1.54) is 12.1 Å². The Hall–Kier alpha value is -3.09. The third-order valence-electron chi connectivity index (χ3n) is 5.42. The molecule has 31 heavy (non-hydrogen) atoms. The number of aromatic nitrogens is 2. The first kappa shape index (κ1) is 21.2. The molecule has 1 amide bonds. The molecule has 2 aromatic carbocycles. The number of anilines is 1. The molecule has 7 heteroatoms. The largest absolute Gasteiger partial charge is 0.444 e. The predicted octanol–water partition coefficient (Wildman–Crippen LogP) is 4.92. The van der Waals surface area contributed by atoms with E-state index < -0.39 is 5.60 Å². The molecule has 164 valence electrons. The number of nitrogens with zero attached hydrogens (tertiary/aromatic N) is 4. The van der Waals surface area contributed by atoms with Crippen molar-refractivity contribution in [3.8, 4) is 11.1 Å². The Morgan fingerprint density at radius 3 is 2.29 bits per heavy atom. The molecule has 0 radical (unpaired) electrons. The SMILES string of the molecule is CCn1nc2cc(-c3ccc(F)cc3)ccc2c1N1CCN(C(=O)OC(C)(C)C)CC1. The normalized spacial score (nSPS) is 14.9. The van der Waals surface area contributed by atoms with Crippen molar-refractivity contribution in [2.45, 2.75) is 39.8 Å². The molecule has 1 fully saturated rings. The molecule has 0 N–H and O–H groups in total. The summed E-state index contributed by atoms with van der Waals surface area (Å²) in [5.41, 5.74) is 2.39. The summed E-state index contributed by atoms with van der Waals surface area (Å²) in [5, 5.41) is 5.89. The predicted molar refractivity (Wildman–Crippen MR) is 121 cm³/mol. The number of carbonyl (C=O) groups excluding carboxylic acids is 1. The van der Waals surface area contributed by atoms with Crippen LogP contribution >= 0.6 is 0 Å². The lowest BCUT2D eigenvalue weighted by Gasteiger charge is -2.36. The van der Waals surface area contributed by atoms with Crippen molar-refractivity contribution in [3.63, 3.8) is 0 Å². The van der Waals surface area contributed by atoms with Gasteiger partial charge in [0.15, 0.2) is 0 Å². The Labute approximate surface area is 182 Å². The highest BCUT2D eigenvalue weighted by Crippen LogP contribution is 2.31. The fourth-order valence-electron chi connectivity index (χ4n) is 3.92. The van der Waals surface area contributed by atoms with Gasteiger partial charge in [-0.1, -0.05) is 18.2 Å². The minimum absolute atomic E-state index is 0.243. The second kappa shape index (κ2) is 8.21. The number of hydrogen-bond acceptors (Lipinski definition) is 4. The van der Waals surface area contributed by atoms with Crippen LogP contribution in [0, 0.1) is 5.82 Å². The Morgan fingerprint density at radius 2 is 1.68 bits per heavy atom. The molecule has 0 atom stereocenters. The lowest BCUT2D eigenvalue weighted by molar-refractivity contribution is 0.0240. The summed E-state index contributed by atoms with van der Waals surface area (Å²) in [4.78, 5) is 16.4. The number of amides is 1. The number of piperazine rings is 1. The monoisotopic (exact) mass is 424 g/mol. The number of aryl methyl sites for hydroxylation is 1. The van der Waals surface area contributed by atoms with E-state index in [0.29, 0.717) is 13.1 Å². The standard InChI is InChI=1S/C24H29FN4O2/c1-5-29-22(27-12-14-28(15-13-27)23(30)31-24(2,3)4)20-11-8-18(16-21(20)26-29)17-6-9-19(25)10-7-17/h6-11,16H,5,12-15H2,1-4H3. The second-order valence-electron chi connectivity index (χ2n) is 8.83. The van der Waals surface area contributed by atoms with Crippen molar-refractivity contribution in [2.75, 3.05) is 31.1 Å². The average molecular weight is 425 g/mol. The van der Waals surface area contributed by atoms with Crippen LogP contribution in [0.15, 0.2) is 42.5 Å². The van der Waals surface area contributed by atoms with Gasteiger partial charge in [0.25, 0.3) is 0 Å². The second-order valence-corrected chi connectivity index (χ2v) is 8.83. The summed E-state index contributed by atoms with van der Waals surface area (Å²) >= 11 is 0. The zero-order valence-electron chi connectivity index (χ0n) is 18.6. The highest BCUT2D eigenvalue weighted by atomic mass is 19.1. The van der Waals surface area contributed by atoms with Crippen molar-refractivity contribution in [1.29, 1.82) is 0 Å². The van der Waals surface area contributed by atoms with E-state index in [-0.39, 0.29) is 11.9 Å². The van der Waals surface area contributed by atoms with Gasteiger partial charge in [-0.3, -0.25) is 0 Å². The van der Waals surface area contributed by atoms with Crippen molar-refractivity contribution >= 4 is 22.8 Å². The topological polar surface area (TPSA) is 50.6 Å². The van der Waals surface area contributed by atoms with Crippen molar-refractivity contribution in [1.82, 2.24) is 14.7 Å². The minimum atomic E-state index is -0.493.